The van der Waals surface area contributed by atoms with Gasteiger partial charge in [-0.05, 0) is 13.3 Å². The molecule has 0 saturated heterocycles. The van der Waals surface area contributed by atoms with Gasteiger partial charge in [0.05, 0.1) is 18.6 Å². The molecule has 0 bridgehead atoms. The Labute approximate surface area is 123 Å². The van der Waals surface area contributed by atoms with E-state index >= 15 is 0 Å². The third kappa shape index (κ3) is 2.73. The monoisotopic (exact) mass is 288 g/mol. The molecule has 0 saturated carbocycles. The van der Waals surface area contributed by atoms with Crippen LogP contribution in [0.15, 0.2) is 11.1 Å². The largest absolute Gasteiger partial charge is 0.299 e. The van der Waals surface area contributed by atoms with Gasteiger partial charge in [-0.25, -0.2) is 9.97 Å². The van der Waals surface area contributed by atoms with Crippen LogP contribution >= 0.6 is 0 Å². The number of H-pyrrole nitrogens is 1. The van der Waals surface area contributed by atoms with E-state index in [9.17, 15) is 4.79 Å². The molecule has 0 radical (unpaired) electrons. The van der Waals surface area contributed by atoms with Crippen LogP contribution in [0.4, 0.5) is 0 Å². The fourth-order valence-electron chi connectivity index (χ4n) is 2.65. The lowest BCUT2D eigenvalue weighted by Gasteiger charge is -2.26. The van der Waals surface area contributed by atoms with E-state index in [0.717, 1.165) is 42.3 Å². The van der Waals surface area contributed by atoms with Crippen LogP contribution in [0.2, 0.25) is 0 Å². The molecule has 2 aromatic heterocycles. The van der Waals surface area contributed by atoms with Gasteiger partial charge in [0, 0.05) is 31.6 Å². The summed E-state index contributed by atoms with van der Waals surface area (Å²) in [7, 11) is 0. The number of nitrogens with one attached hydrogen (secondary N) is 1. The third-order valence-electron chi connectivity index (χ3n) is 3.88. The number of rotatable bonds is 4. The first-order chi connectivity index (χ1) is 10.2. The van der Waals surface area contributed by atoms with E-state index in [1.807, 2.05) is 13.8 Å². The van der Waals surface area contributed by atoms with Crippen molar-refractivity contribution in [2.24, 2.45) is 0 Å². The highest BCUT2D eigenvalue weighted by molar-refractivity contribution is 5.20. The Morgan fingerprint density at radius 3 is 2.95 bits per heavy atom. The SMILES string of the molecule is CCc1n[nH]c(CN2CCc3c(ncn(CC)c3=O)C2)n1. The molecular weight excluding hydrogens is 268 g/mol. The Balaban J connectivity index is 1.75. The summed E-state index contributed by atoms with van der Waals surface area (Å²) in [6.45, 7) is 6.91. The lowest BCUT2D eigenvalue weighted by Crippen LogP contribution is -2.37. The predicted octanol–water partition coefficient (Wildman–Crippen LogP) is 0.502. The summed E-state index contributed by atoms with van der Waals surface area (Å²) in [4.78, 5) is 23.3. The fraction of sp³-hybridized carbons (Fsp3) is 0.571. The maximum atomic E-state index is 12.2. The van der Waals surface area contributed by atoms with Gasteiger partial charge in [0.15, 0.2) is 0 Å². The second-order valence-electron chi connectivity index (χ2n) is 5.27. The second-order valence-corrected chi connectivity index (χ2v) is 5.27. The minimum Gasteiger partial charge on any atom is -0.299 e. The number of aryl methyl sites for hydroxylation is 2. The molecule has 3 heterocycles. The van der Waals surface area contributed by atoms with Crippen molar-refractivity contribution >= 4 is 0 Å². The molecule has 0 spiro atoms. The molecule has 1 aliphatic heterocycles. The Bertz CT molecular complexity index is 689. The van der Waals surface area contributed by atoms with Crippen molar-refractivity contribution in [3.05, 3.63) is 39.6 Å². The molecule has 0 amide bonds. The maximum absolute atomic E-state index is 12.2. The van der Waals surface area contributed by atoms with E-state index in [-0.39, 0.29) is 5.56 Å². The second kappa shape index (κ2) is 5.77. The van der Waals surface area contributed by atoms with Crippen molar-refractivity contribution in [3.63, 3.8) is 0 Å². The van der Waals surface area contributed by atoms with Crippen LogP contribution in [0.1, 0.15) is 36.8 Å². The summed E-state index contributed by atoms with van der Waals surface area (Å²) < 4.78 is 1.67. The number of fused-ring (bicyclic) bond motifs is 1. The van der Waals surface area contributed by atoms with Gasteiger partial charge in [0.1, 0.15) is 11.6 Å². The first-order valence-corrected chi connectivity index (χ1v) is 7.41. The van der Waals surface area contributed by atoms with Crippen molar-refractivity contribution in [1.82, 2.24) is 29.6 Å². The third-order valence-corrected chi connectivity index (χ3v) is 3.88. The summed E-state index contributed by atoms with van der Waals surface area (Å²) in [6, 6.07) is 0. The van der Waals surface area contributed by atoms with Crippen LogP contribution in [0.5, 0.6) is 0 Å². The zero-order valence-corrected chi connectivity index (χ0v) is 12.5. The molecule has 0 aromatic carbocycles. The van der Waals surface area contributed by atoms with Crippen molar-refractivity contribution in [2.75, 3.05) is 6.54 Å². The average molecular weight is 288 g/mol. The minimum atomic E-state index is 0.107. The molecule has 3 rings (SSSR count). The van der Waals surface area contributed by atoms with Gasteiger partial charge in [-0.15, -0.1) is 0 Å². The van der Waals surface area contributed by atoms with Crippen molar-refractivity contribution in [1.29, 1.82) is 0 Å². The van der Waals surface area contributed by atoms with Crippen LogP contribution < -0.4 is 5.56 Å². The quantitative estimate of drug-likeness (QED) is 0.886. The molecule has 7 nitrogen and oxygen atoms in total. The summed E-state index contributed by atoms with van der Waals surface area (Å²) >= 11 is 0. The fourth-order valence-corrected chi connectivity index (χ4v) is 2.65. The predicted molar refractivity (Wildman–Crippen MR) is 77.7 cm³/mol. The van der Waals surface area contributed by atoms with Crippen LogP contribution in [-0.4, -0.2) is 36.2 Å². The van der Waals surface area contributed by atoms with Crippen molar-refractivity contribution < 1.29 is 0 Å². The Morgan fingerprint density at radius 1 is 1.38 bits per heavy atom. The Morgan fingerprint density at radius 2 is 2.24 bits per heavy atom. The molecule has 112 valence electrons. The van der Waals surface area contributed by atoms with Crippen LogP contribution in [0.25, 0.3) is 0 Å². The maximum Gasteiger partial charge on any atom is 0.256 e. The summed E-state index contributed by atoms with van der Waals surface area (Å²) in [5, 5.41) is 7.12. The van der Waals surface area contributed by atoms with Gasteiger partial charge in [-0.1, -0.05) is 6.92 Å². The van der Waals surface area contributed by atoms with Crippen molar-refractivity contribution in [2.45, 2.75) is 46.3 Å². The van der Waals surface area contributed by atoms with Gasteiger partial charge in [-0.3, -0.25) is 19.4 Å². The van der Waals surface area contributed by atoms with Crippen molar-refractivity contribution in [3.8, 4) is 0 Å². The van der Waals surface area contributed by atoms with Gasteiger partial charge in [-0.2, -0.15) is 5.10 Å². The summed E-state index contributed by atoms with van der Waals surface area (Å²) in [6.07, 6.45) is 3.22. The number of hydrogen-bond acceptors (Lipinski definition) is 5. The van der Waals surface area contributed by atoms with Crippen LogP contribution in [0.3, 0.4) is 0 Å². The topological polar surface area (TPSA) is 79.7 Å². The molecule has 0 aliphatic carbocycles. The Kier molecular flexibility index (Phi) is 3.83. The van der Waals surface area contributed by atoms with Gasteiger partial charge in [0.25, 0.3) is 5.56 Å². The number of aromatic nitrogens is 5. The van der Waals surface area contributed by atoms with E-state index in [1.54, 1.807) is 10.9 Å². The molecule has 1 N–H and O–H groups in total. The summed E-state index contributed by atoms with van der Waals surface area (Å²) in [5.41, 5.74) is 1.86. The molecule has 7 heteroatoms. The first kappa shape index (κ1) is 13.9. The molecule has 0 fully saturated rings. The van der Waals surface area contributed by atoms with Crippen LogP contribution in [0, 0.1) is 0 Å². The first-order valence-electron chi connectivity index (χ1n) is 7.41. The van der Waals surface area contributed by atoms with Gasteiger partial charge in [0.2, 0.25) is 0 Å². The molecule has 0 unspecified atom stereocenters. The van der Waals surface area contributed by atoms with E-state index in [0.29, 0.717) is 19.6 Å². The lowest BCUT2D eigenvalue weighted by molar-refractivity contribution is 0.234. The Hall–Kier alpha value is -2.02. The standard InChI is InChI=1S/C14H20N6O/c1-3-12-16-13(18-17-12)8-19-6-5-10-11(7-19)15-9-20(4-2)14(10)21/h9H,3-8H2,1-2H3,(H,16,17,18). The number of nitrogens with zero attached hydrogens (tertiary/aromatic N) is 5. The number of aromatic amines is 1. The zero-order valence-electron chi connectivity index (χ0n) is 12.5. The minimum absolute atomic E-state index is 0.107. The van der Waals surface area contributed by atoms with Gasteiger partial charge >= 0.3 is 0 Å². The van der Waals surface area contributed by atoms with Crippen LogP contribution in [-0.2, 0) is 32.5 Å². The van der Waals surface area contributed by atoms with E-state index in [1.165, 1.54) is 0 Å². The van der Waals surface area contributed by atoms with E-state index in [4.69, 9.17) is 0 Å². The molecule has 2 aromatic rings. The molecule has 0 atom stereocenters. The van der Waals surface area contributed by atoms with Gasteiger partial charge < -0.3 is 0 Å². The molecule has 1 aliphatic rings. The molecule has 21 heavy (non-hydrogen) atoms. The molecular formula is C14H20N6O. The van der Waals surface area contributed by atoms with E-state index < -0.39 is 0 Å². The normalized spacial score (nSPS) is 15.1. The number of hydrogen-bond donors (Lipinski definition) is 1. The zero-order chi connectivity index (χ0) is 14.8. The lowest BCUT2D eigenvalue weighted by atomic mass is 10.1. The highest BCUT2D eigenvalue weighted by Crippen LogP contribution is 2.15. The summed E-state index contributed by atoms with van der Waals surface area (Å²) in [5.74, 6) is 1.71. The average Bonchev–Trinajstić information content (AvgIpc) is 2.95. The highest BCUT2D eigenvalue weighted by atomic mass is 16.1. The van der Waals surface area contributed by atoms with E-state index in [2.05, 4.69) is 25.1 Å². The smallest absolute Gasteiger partial charge is 0.256 e. The highest BCUT2D eigenvalue weighted by Gasteiger charge is 2.21.